The standard InChI is InChI=1S/C26H26N2O2.2C2H6/c1-5-9-22(10-8-17-29)23-13-15-24(16-14-23)26(19-28)25(18-27)21(6-2)12-11-20(4)30-7-3;2*1-2/h5-6,8-17,29H,2,7H2,1,3-4H3;2*1-2H3/b9-5-,17-8+,20-11+,21-12+,22-10+,26-25+;;. The second kappa shape index (κ2) is 20.9. The summed E-state index contributed by atoms with van der Waals surface area (Å²) in [4.78, 5) is 0. The van der Waals surface area contributed by atoms with Crippen molar-refractivity contribution in [1.82, 2.24) is 0 Å². The lowest BCUT2D eigenvalue weighted by molar-refractivity contribution is 0.231. The van der Waals surface area contributed by atoms with E-state index in [0.29, 0.717) is 23.5 Å². The lowest BCUT2D eigenvalue weighted by Gasteiger charge is -2.08. The lowest BCUT2D eigenvalue weighted by atomic mass is 9.94. The number of aliphatic hydroxyl groups excluding tert-OH is 1. The van der Waals surface area contributed by atoms with Crippen LogP contribution in [0.4, 0.5) is 0 Å². The zero-order valence-corrected chi connectivity index (χ0v) is 21.6. The molecule has 1 N–H and O–H groups in total. The van der Waals surface area contributed by atoms with Crippen LogP contribution >= 0.6 is 0 Å². The van der Waals surface area contributed by atoms with E-state index in [0.717, 1.165) is 17.4 Å². The van der Waals surface area contributed by atoms with Crippen molar-refractivity contribution in [3.63, 3.8) is 0 Å². The first kappa shape index (κ1) is 32.2. The second-order valence-corrected chi connectivity index (χ2v) is 6.05. The quantitative estimate of drug-likeness (QED) is 0.228. The number of allylic oxidation sites excluding steroid dienone is 12. The second-order valence-electron chi connectivity index (χ2n) is 6.05. The molecular formula is C30H38N2O2. The Balaban J connectivity index is 0. The maximum absolute atomic E-state index is 9.75. The summed E-state index contributed by atoms with van der Waals surface area (Å²) in [6, 6.07) is 11.6. The summed E-state index contributed by atoms with van der Waals surface area (Å²) in [5, 5.41) is 28.4. The molecule has 0 unspecified atom stereocenters. The van der Waals surface area contributed by atoms with Crippen molar-refractivity contribution in [1.29, 1.82) is 10.5 Å². The molecule has 1 aromatic rings. The van der Waals surface area contributed by atoms with Crippen LogP contribution in [0.15, 0.2) is 96.5 Å². The average molecular weight is 459 g/mol. The lowest BCUT2D eigenvalue weighted by Crippen LogP contribution is -1.93. The first-order valence-corrected chi connectivity index (χ1v) is 11.5. The molecule has 4 heteroatoms. The van der Waals surface area contributed by atoms with Crippen LogP contribution in [0.1, 0.15) is 59.6 Å². The Hall–Kier alpha value is -4.02. The summed E-state index contributed by atoms with van der Waals surface area (Å²) in [7, 11) is 0. The van der Waals surface area contributed by atoms with Crippen LogP contribution < -0.4 is 0 Å². The molecule has 0 aliphatic carbocycles. The van der Waals surface area contributed by atoms with Gasteiger partial charge in [-0.05, 0) is 55.2 Å². The van der Waals surface area contributed by atoms with Gasteiger partial charge in [0.25, 0.3) is 0 Å². The molecule has 0 fully saturated rings. The molecular weight excluding hydrogens is 420 g/mol. The number of hydrogen-bond donors (Lipinski definition) is 1. The van der Waals surface area contributed by atoms with Crippen molar-refractivity contribution >= 4 is 11.1 Å². The Kier molecular flexibility index (Phi) is 19.7. The number of aliphatic hydroxyl groups is 1. The number of benzene rings is 1. The molecule has 180 valence electrons. The van der Waals surface area contributed by atoms with Gasteiger partial charge in [0, 0.05) is 0 Å². The Morgan fingerprint density at radius 1 is 1.00 bits per heavy atom. The first-order chi connectivity index (χ1) is 16.6. The maximum atomic E-state index is 9.75. The van der Waals surface area contributed by atoms with Crippen LogP contribution in [0.2, 0.25) is 0 Å². The number of rotatable bonds is 9. The van der Waals surface area contributed by atoms with Crippen LogP contribution in [0, 0.1) is 22.7 Å². The highest BCUT2D eigenvalue weighted by Crippen LogP contribution is 2.26. The molecule has 0 atom stereocenters. The van der Waals surface area contributed by atoms with Crippen molar-refractivity contribution in [3.8, 4) is 12.1 Å². The van der Waals surface area contributed by atoms with Gasteiger partial charge < -0.3 is 9.84 Å². The number of nitrogens with zero attached hydrogens (tertiary/aromatic N) is 2. The molecule has 0 amide bonds. The number of hydrogen-bond acceptors (Lipinski definition) is 4. The van der Waals surface area contributed by atoms with Crippen LogP contribution in [0.3, 0.4) is 0 Å². The fourth-order valence-corrected chi connectivity index (χ4v) is 2.67. The minimum atomic E-state index is 0.244. The predicted molar refractivity (Wildman–Crippen MR) is 146 cm³/mol. The van der Waals surface area contributed by atoms with E-state index < -0.39 is 0 Å². The SMILES string of the molecule is C=CC(=C\C=C(/C)OCC)/C(C#N)=C(\C#N)c1ccc(C(/C=C\C)=C/C=C/O)cc1.CC.CC. The highest BCUT2D eigenvalue weighted by atomic mass is 16.5. The van der Waals surface area contributed by atoms with Crippen molar-refractivity contribution in [3.05, 3.63) is 108 Å². The Bertz CT molecular complexity index is 1000. The first-order valence-electron chi connectivity index (χ1n) is 11.5. The van der Waals surface area contributed by atoms with E-state index in [1.165, 1.54) is 6.08 Å². The van der Waals surface area contributed by atoms with E-state index in [-0.39, 0.29) is 11.1 Å². The molecule has 0 heterocycles. The minimum absolute atomic E-state index is 0.244. The largest absolute Gasteiger partial charge is 0.516 e. The van der Waals surface area contributed by atoms with Gasteiger partial charge in [0.15, 0.2) is 0 Å². The van der Waals surface area contributed by atoms with Crippen LogP contribution in [0.25, 0.3) is 11.1 Å². The molecule has 0 saturated heterocycles. The van der Waals surface area contributed by atoms with E-state index in [1.807, 2.05) is 72.8 Å². The molecule has 34 heavy (non-hydrogen) atoms. The summed E-state index contributed by atoms with van der Waals surface area (Å²) in [6.45, 7) is 17.9. The van der Waals surface area contributed by atoms with E-state index in [1.54, 1.807) is 36.4 Å². The Morgan fingerprint density at radius 3 is 2.03 bits per heavy atom. The number of ether oxygens (including phenoxy) is 1. The van der Waals surface area contributed by atoms with Gasteiger partial charge in [-0.15, -0.1) is 0 Å². The minimum Gasteiger partial charge on any atom is -0.516 e. The normalized spacial score (nSPS) is 12.4. The van der Waals surface area contributed by atoms with Crippen molar-refractivity contribution in [2.75, 3.05) is 6.61 Å². The topological polar surface area (TPSA) is 77.0 Å². The molecule has 4 nitrogen and oxygen atoms in total. The fraction of sp³-hybridized carbons (Fsp3) is 0.267. The Morgan fingerprint density at radius 2 is 1.59 bits per heavy atom. The molecule has 0 aromatic heterocycles. The third-order valence-electron chi connectivity index (χ3n) is 4.07. The average Bonchev–Trinajstić information content (AvgIpc) is 2.89. The van der Waals surface area contributed by atoms with Gasteiger partial charge in [-0.1, -0.05) is 88.9 Å². The summed E-state index contributed by atoms with van der Waals surface area (Å²) in [5.74, 6) is 0.706. The summed E-state index contributed by atoms with van der Waals surface area (Å²) in [5.41, 5.74) is 3.51. The zero-order chi connectivity index (χ0) is 26.4. The highest BCUT2D eigenvalue weighted by Gasteiger charge is 2.12. The van der Waals surface area contributed by atoms with Crippen molar-refractivity contribution in [2.45, 2.75) is 48.5 Å². The highest BCUT2D eigenvalue weighted by molar-refractivity contribution is 5.86. The van der Waals surface area contributed by atoms with Gasteiger partial charge in [0.2, 0.25) is 0 Å². The monoisotopic (exact) mass is 458 g/mol. The molecule has 1 rings (SSSR count). The van der Waals surface area contributed by atoms with E-state index in [9.17, 15) is 10.5 Å². The van der Waals surface area contributed by atoms with E-state index in [2.05, 4.69) is 18.7 Å². The van der Waals surface area contributed by atoms with Crippen molar-refractivity contribution in [2.24, 2.45) is 0 Å². The Labute approximate surface area is 206 Å². The molecule has 0 aliphatic heterocycles. The van der Waals surface area contributed by atoms with Gasteiger partial charge in [-0.2, -0.15) is 10.5 Å². The van der Waals surface area contributed by atoms with Crippen LogP contribution in [-0.2, 0) is 4.74 Å². The van der Waals surface area contributed by atoms with Gasteiger partial charge in [0.05, 0.1) is 29.8 Å². The van der Waals surface area contributed by atoms with Gasteiger partial charge in [-0.3, -0.25) is 0 Å². The van der Waals surface area contributed by atoms with Gasteiger partial charge in [-0.25, -0.2) is 0 Å². The molecule has 1 aromatic carbocycles. The van der Waals surface area contributed by atoms with E-state index in [4.69, 9.17) is 9.84 Å². The van der Waals surface area contributed by atoms with Crippen molar-refractivity contribution < 1.29 is 9.84 Å². The molecule has 0 radical (unpaired) electrons. The summed E-state index contributed by atoms with van der Waals surface area (Å²) in [6.07, 6.45) is 13.1. The zero-order valence-electron chi connectivity index (χ0n) is 21.6. The smallest absolute Gasteiger partial charge is 0.101 e. The third kappa shape index (κ3) is 11.0. The summed E-state index contributed by atoms with van der Waals surface area (Å²) < 4.78 is 5.39. The van der Waals surface area contributed by atoms with Gasteiger partial charge >= 0.3 is 0 Å². The van der Waals surface area contributed by atoms with Crippen LogP contribution in [-0.4, -0.2) is 11.7 Å². The molecule has 0 saturated carbocycles. The van der Waals surface area contributed by atoms with E-state index >= 15 is 0 Å². The molecule has 0 aliphatic rings. The van der Waals surface area contributed by atoms with Crippen LogP contribution in [0.5, 0.6) is 0 Å². The summed E-state index contributed by atoms with van der Waals surface area (Å²) >= 11 is 0. The van der Waals surface area contributed by atoms with Gasteiger partial charge in [0.1, 0.15) is 12.1 Å². The predicted octanol–water partition coefficient (Wildman–Crippen LogP) is 8.62. The third-order valence-corrected chi connectivity index (χ3v) is 4.07. The fourth-order valence-electron chi connectivity index (χ4n) is 2.67. The molecule has 0 bridgehead atoms. The molecule has 0 spiro atoms. The maximum Gasteiger partial charge on any atom is 0.101 e. The number of nitriles is 2.